The maximum absolute atomic E-state index is 6.54. The summed E-state index contributed by atoms with van der Waals surface area (Å²) >= 11 is 0. The zero-order valence-electron chi connectivity index (χ0n) is 22.4. The van der Waals surface area contributed by atoms with Gasteiger partial charge in [0.1, 0.15) is 16.9 Å². The standard InChI is InChI=1S/C37H22N4O/c1-3-12-23(13-4-1)28-22-31(40-37(39-28)24-14-5-2-6-15-24)41-29-19-9-7-16-25(29)32-27-18-11-21-38-34(27)36-33(35(32)41)26-17-8-10-20-30(26)42-36/h1-22H. The second kappa shape index (κ2) is 8.85. The van der Waals surface area contributed by atoms with E-state index >= 15 is 0 Å². The predicted molar refractivity (Wildman–Crippen MR) is 170 cm³/mol. The molecule has 0 radical (unpaired) electrons. The highest BCUT2D eigenvalue weighted by atomic mass is 16.3. The van der Waals surface area contributed by atoms with E-state index in [1.54, 1.807) is 0 Å². The fraction of sp³-hybridized carbons (Fsp3) is 0. The van der Waals surface area contributed by atoms with E-state index in [0.717, 1.165) is 77.3 Å². The lowest BCUT2D eigenvalue weighted by Gasteiger charge is -2.13. The molecule has 0 spiro atoms. The van der Waals surface area contributed by atoms with E-state index in [1.807, 2.05) is 60.8 Å². The van der Waals surface area contributed by atoms with E-state index in [1.165, 1.54) is 0 Å². The van der Waals surface area contributed by atoms with Gasteiger partial charge in [0.2, 0.25) is 0 Å². The van der Waals surface area contributed by atoms with Crippen LogP contribution >= 0.6 is 0 Å². The van der Waals surface area contributed by atoms with Gasteiger partial charge in [0.15, 0.2) is 11.4 Å². The van der Waals surface area contributed by atoms with Gasteiger partial charge in [-0.2, -0.15) is 0 Å². The Kier molecular flexibility index (Phi) is 4.83. The maximum atomic E-state index is 6.54. The number of nitrogens with zero attached hydrogens (tertiary/aromatic N) is 4. The van der Waals surface area contributed by atoms with Crippen molar-refractivity contribution in [3.05, 3.63) is 134 Å². The average Bonchev–Trinajstić information content (AvgIpc) is 3.62. The van der Waals surface area contributed by atoms with Crippen molar-refractivity contribution < 1.29 is 4.42 Å². The maximum Gasteiger partial charge on any atom is 0.163 e. The zero-order chi connectivity index (χ0) is 27.6. The smallest absolute Gasteiger partial charge is 0.163 e. The summed E-state index contributed by atoms with van der Waals surface area (Å²) in [4.78, 5) is 15.1. The van der Waals surface area contributed by atoms with Gasteiger partial charge < -0.3 is 4.42 Å². The first-order valence-corrected chi connectivity index (χ1v) is 14.0. The molecule has 0 saturated carbocycles. The van der Waals surface area contributed by atoms with Gasteiger partial charge in [-0.15, -0.1) is 0 Å². The Morgan fingerprint density at radius 1 is 0.571 bits per heavy atom. The van der Waals surface area contributed by atoms with Crippen molar-refractivity contribution in [3.8, 4) is 28.5 Å². The monoisotopic (exact) mass is 538 g/mol. The third kappa shape index (κ3) is 3.28. The molecular formula is C37H22N4O. The van der Waals surface area contributed by atoms with E-state index in [2.05, 4.69) is 77.4 Å². The summed E-state index contributed by atoms with van der Waals surface area (Å²) in [5.41, 5.74) is 7.45. The second-order valence-electron chi connectivity index (χ2n) is 10.4. The third-order valence-corrected chi connectivity index (χ3v) is 8.04. The summed E-state index contributed by atoms with van der Waals surface area (Å²) in [6.45, 7) is 0. The molecular weight excluding hydrogens is 516 g/mol. The third-order valence-electron chi connectivity index (χ3n) is 8.04. The largest absolute Gasteiger partial charge is 0.454 e. The van der Waals surface area contributed by atoms with Crippen molar-refractivity contribution in [2.24, 2.45) is 0 Å². The van der Waals surface area contributed by atoms with E-state index in [0.29, 0.717) is 5.82 Å². The van der Waals surface area contributed by atoms with Crippen LogP contribution in [0.2, 0.25) is 0 Å². The first kappa shape index (κ1) is 22.9. The minimum Gasteiger partial charge on any atom is -0.454 e. The molecule has 5 nitrogen and oxygen atoms in total. The molecule has 0 fully saturated rings. The van der Waals surface area contributed by atoms with E-state index < -0.39 is 0 Å². The molecule has 4 aromatic heterocycles. The normalized spacial score (nSPS) is 11.8. The van der Waals surface area contributed by atoms with Crippen LogP contribution in [0.1, 0.15) is 0 Å². The Morgan fingerprint density at radius 3 is 2.10 bits per heavy atom. The molecule has 4 heterocycles. The fourth-order valence-electron chi connectivity index (χ4n) is 6.24. The molecule has 0 saturated heterocycles. The van der Waals surface area contributed by atoms with Gasteiger partial charge in [0.25, 0.3) is 0 Å². The van der Waals surface area contributed by atoms with Crippen molar-refractivity contribution in [2.45, 2.75) is 0 Å². The van der Waals surface area contributed by atoms with Crippen LogP contribution in [0.15, 0.2) is 138 Å². The van der Waals surface area contributed by atoms with E-state index in [-0.39, 0.29) is 0 Å². The molecule has 0 aliphatic rings. The molecule has 0 bridgehead atoms. The van der Waals surface area contributed by atoms with Crippen molar-refractivity contribution in [3.63, 3.8) is 0 Å². The van der Waals surface area contributed by atoms with Crippen LogP contribution in [0, 0.1) is 0 Å². The number of hydrogen-bond donors (Lipinski definition) is 0. The van der Waals surface area contributed by atoms with Gasteiger partial charge in [-0.25, -0.2) is 9.97 Å². The van der Waals surface area contributed by atoms with Gasteiger partial charge in [-0.3, -0.25) is 9.55 Å². The first-order chi connectivity index (χ1) is 20.8. The summed E-state index contributed by atoms with van der Waals surface area (Å²) < 4.78 is 8.82. The summed E-state index contributed by atoms with van der Waals surface area (Å²) in [6, 6.07) is 43.4. The average molecular weight is 539 g/mol. The lowest BCUT2D eigenvalue weighted by Crippen LogP contribution is -2.02. The SMILES string of the molecule is c1ccc(-c2cc(-n3c4ccccc4c4c5cccnc5c5oc6ccccc6c5c43)nc(-c3ccccc3)n2)cc1. The zero-order valence-corrected chi connectivity index (χ0v) is 22.4. The quantitative estimate of drug-likeness (QED) is 0.225. The van der Waals surface area contributed by atoms with Crippen LogP contribution in [-0.4, -0.2) is 19.5 Å². The van der Waals surface area contributed by atoms with Crippen molar-refractivity contribution >= 4 is 54.6 Å². The Hall–Kier alpha value is -5.81. The lowest BCUT2D eigenvalue weighted by molar-refractivity contribution is 0.672. The number of aromatic nitrogens is 4. The van der Waals surface area contributed by atoms with E-state index in [9.17, 15) is 0 Å². The Labute approximate surface area is 240 Å². The molecule has 0 aliphatic heterocycles. The molecule has 5 heteroatoms. The highest BCUT2D eigenvalue weighted by Gasteiger charge is 2.24. The van der Waals surface area contributed by atoms with Crippen LogP contribution < -0.4 is 0 Å². The minimum atomic E-state index is 0.675. The Bertz CT molecular complexity index is 2400. The van der Waals surface area contributed by atoms with Crippen LogP contribution in [0.5, 0.6) is 0 Å². The minimum absolute atomic E-state index is 0.675. The predicted octanol–water partition coefficient (Wildman–Crippen LogP) is 9.36. The fourth-order valence-corrected chi connectivity index (χ4v) is 6.24. The molecule has 9 rings (SSSR count). The molecule has 9 aromatic rings. The second-order valence-corrected chi connectivity index (χ2v) is 10.4. The van der Waals surface area contributed by atoms with Crippen molar-refractivity contribution in [2.75, 3.05) is 0 Å². The topological polar surface area (TPSA) is 56.7 Å². The Morgan fingerprint density at radius 2 is 1.26 bits per heavy atom. The molecule has 0 unspecified atom stereocenters. The number of benzene rings is 5. The van der Waals surface area contributed by atoms with Crippen LogP contribution in [0.3, 0.4) is 0 Å². The molecule has 5 aromatic carbocycles. The van der Waals surface area contributed by atoms with Gasteiger partial charge in [0, 0.05) is 44.9 Å². The van der Waals surface area contributed by atoms with Crippen LogP contribution in [-0.2, 0) is 0 Å². The van der Waals surface area contributed by atoms with Gasteiger partial charge in [0.05, 0.1) is 22.1 Å². The number of pyridine rings is 1. The lowest BCUT2D eigenvalue weighted by atomic mass is 10.0. The van der Waals surface area contributed by atoms with E-state index in [4.69, 9.17) is 19.4 Å². The molecule has 0 N–H and O–H groups in total. The molecule has 42 heavy (non-hydrogen) atoms. The Balaban J connectivity index is 1.51. The molecule has 0 amide bonds. The summed E-state index contributed by atoms with van der Waals surface area (Å²) in [5.74, 6) is 1.47. The van der Waals surface area contributed by atoms with Gasteiger partial charge in [-0.1, -0.05) is 103 Å². The number of rotatable bonds is 3. The first-order valence-electron chi connectivity index (χ1n) is 14.0. The summed E-state index contributed by atoms with van der Waals surface area (Å²) in [6.07, 6.45) is 1.84. The number of furan rings is 1. The van der Waals surface area contributed by atoms with Gasteiger partial charge >= 0.3 is 0 Å². The van der Waals surface area contributed by atoms with Crippen molar-refractivity contribution in [1.82, 2.24) is 19.5 Å². The van der Waals surface area contributed by atoms with Crippen molar-refractivity contribution in [1.29, 1.82) is 0 Å². The van der Waals surface area contributed by atoms with Crippen LogP contribution in [0.25, 0.3) is 83.1 Å². The molecule has 0 atom stereocenters. The highest BCUT2D eigenvalue weighted by Crippen LogP contribution is 2.45. The number of para-hydroxylation sites is 2. The van der Waals surface area contributed by atoms with Crippen LogP contribution in [0.4, 0.5) is 0 Å². The highest BCUT2D eigenvalue weighted by molar-refractivity contribution is 6.34. The summed E-state index contributed by atoms with van der Waals surface area (Å²) in [7, 11) is 0. The molecule has 0 aliphatic carbocycles. The number of fused-ring (bicyclic) bond motifs is 10. The molecule has 196 valence electrons. The number of hydrogen-bond acceptors (Lipinski definition) is 4. The summed E-state index contributed by atoms with van der Waals surface area (Å²) in [5, 5.41) is 5.40. The van der Waals surface area contributed by atoms with Gasteiger partial charge in [-0.05, 0) is 18.2 Å².